The highest BCUT2D eigenvalue weighted by Gasteiger charge is 2.21. The molecule has 0 aliphatic rings. The molecular weight excluding hydrogens is 390 g/mol. The molecule has 29 heavy (non-hydrogen) atoms. The van der Waals surface area contributed by atoms with Gasteiger partial charge < -0.3 is 9.73 Å². The van der Waals surface area contributed by atoms with E-state index in [0.717, 1.165) is 10.7 Å². The maximum absolute atomic E-state index is 12.6. The van der Waals surface area contributed by atoms with E-state index in [1.165, 1.54) is 17.8 Å². The van der Waals surface area contributed by atoms with E-state index in [1.54, 1.807) is 24.5 Å². The molecule has 0 saturated heterocycles. The number of nitrogens with zero attached hydrogens (tertiary/aromatic N) is 2. The Balaban J connectivity index is 1.75. The molecule has 0 bridgehead atoms. The van der Waals surface area contributed by atoms with Crippen LogP contribution in [0.1, 0.15) is 22.2 Å². The molecule has 8 heteroatoms. The summed E-state index contributed by atoms with van der Waals surface area (Å²) in [5.74, 6) is 0.360. The molecule has 1 aromatic heterocycles. The largest absolute Gasteiger partial charge is 0.468 e. The lowest BCUT2D eigenvalue weighted by atomic mass is 10.1. The van der Waals surface area contributed by atoms with Crippen LogP contribution in [-0.2, 0) is 0 Å². The van der Waals surface area contributed by atoms with E-state index in [-0.39, 0.29) is 23.2 Å². The van der Waals surface area contributed by atoms with Crippen LogP contribution in [-0.4, -0.2) is 36.4 Å². The zero-order valence-corrected chi connectivity index (χ0v) is 16.9. The number of carbonyl (C=O) groups excluding carboxylic acids is 1. The van der Waals surface area contributed by atoms with E-state index < -0.39 is 4.92 Å². The fraction of sp³-hybridized carbons (Fsp3) is 0.190. The third kappa shape index (κ3) is 5.24. The van der Waals surface area contributed by atoms with Gasteiger partial charge in [-0.3, -0.25) is 19.8 Å². The van der Waals surface area contributed by atoms with E-state index in [0.29, 0.717) is 11.4 Å². The van der Waals surface area contributed by atoms with Crippen LogP contribution in [0.25, 0.3) is 0 Å². The Morgan fingerprint density at radius 1 is 1.17 bits per heavy atom. The van der Waals surface area contributed by atoms with Gasteiger partial charge in [0.25, 0.3) is 11.6 Å². The number of nitro groups is 1. The number of rotatable bonds is 8. The van der Waals surface area contributed by atoms with Gasteiger partial charge in [0.05, 0.1) is 22.1 Å². The van der Waals surface area contributed by atoms with Crippen LogP contribution in [0.3, 0.4) is 0 Å². The van der Waals surface area contributed by atoms with E-state index >= 15 is 0 Å². The van der Waals surface area contributed by atoms with Crippen molar-refractivity contribution in [3.63, 3.8) is 0 Å². The quantitative estimate of drug-likeness (QED) is 0.437. The van der Waals surface area contributed by atoms with Crippen LogP contribution in [0.2, 0.25) is 0 Å². The molecule has 0 aliphatic carbocycles. The monoisotopic (exact) mass is 411 g/mol. The molecule has 1 atom stereocenters. The zero-order chi connectivity index (χ0) is 20.8. The lowest BCUT2D eigenvalue weighted by Gasteiger charge is -2.22. The van der Waals surface area contributed by atoms with Crippen molar-refractivity contribution in [3.8, 4) is 0 Å². The van der Waals surface area contributed by atoms with Gasteiger partial charge in [-0.2, -0.15) is 0 Å². The third-order valence-electron chi connectivity index (χ3n) is 4.34. The average molecular weight is 411 g/mol. The van der Waals surface area contributed by atoms with Crippen LogP contribution in [0.15, 0.2) is 81.1 Å². The number of likely N-dealkylation sites (N-methyl/N-ethyl adjacent to an activating group) is 1. The highest BCUT2D eigenvalue weighted by atomic mass is 32.2. The first-order valence-electron chi connectivity index (χ1n) is 8.95. The molecule has 0 aliphatic heterocycles. The van der Waals surface area contributed by atoms with Gasteiger partial charge in [-0.1, -0.05) is 30.0 Å². The van der Waals surface area contributed by atoms with Crippen LogP contribution >= 0.6 is 11.8 Å². The van der Waals surface area contributed by atoms with E-state index in [4.69, 9.17) is 4.42 Å². The number of furan rings is 1. The average Bonchev–Trinajstić information content (AvgIpc) is 3.23. The van der Waals surface area contributed by atoms with Gasteiger partial charge in [-0.05, 0) is 50.5 Å². The summed E-state index contributed by atoms with van der Waals surface area (Å²) < 4.78 is 5.43. The molecule has 1 heterocycles. The summed E-state index contributed by atoms with van der Waals surface area (Å²) in [5, 5.41) is 14.4. The van der Waals surface area contributed by atoms with Crippen molar-refractivity contribution < 1.29 is 14.1 Å². The van der Waals surface area contributed by atoms with Crippen molar-refractivity contribution in [2.45, 2.75) is 15.8 Å². The van der Waals surface area contributed by atoms with Gasteiger partial charge in [-0.15, -0.1) is 0 Å². The molecule has 150 valence electrons. The van der Waals surface area contributed by atoms with E-state index in [2.05, 4.69) is 5.32 Å². The Morgan fingerprint density at radius 2 is 1.93 bits per heavy atom. The molecule has 1 N–H and O–H groups in total. The first kappa shape index (κ1) is 20.6. The van der Waals surface area contributed by atoms with Crippen molar-refractivity contribution in [3.05, 3.63) is 88.4 Å². The highest BCUT2D eigenvalue weighted by Crippen LogP contribution is 2.35. The van der Waals surface area contributed by atoms with Crippen molar-refractivity contribution in [1.82, 2.24) is 10.2 Å². The maximum Gasteiger partial charge on any atom is 0.284 e. The predicted octanol–water partition coefficient (Wildman–Crippen LogP) is 4.37. The third-order valence-corrected chi connectivity index (χ3v) is 5.41. The lowest BCUT2D eigenvalue weighted by Crippen LogP contribution is -2.34. The Kier molecular flexibility index (Phi) is 6.69. The molecule has 7 nitrogen and oxygen atoms in total. The lowest BCUT2D eigenvalue weighted by molar-refractivity contribution is -0.387. The predicted molar refractivity (Wildman–Crippen MR) is 111 cm³/mol. The number of benzene rings is 2. The first-order valence-corrected chi connectivity index (χ1v) is 9.76. The second-order valence-electron chi connectivity index (χ2n) is 6.56. The molecule has 2 aromatic carbocycles. The highest BCUT2D eigenvalue weighted by molar-refractivity contribution is 7.99. The standard InChI is InChI=1S/C21H21N3O4S/c1-23(2)18(19-9-6-12-28-19)14-22-21(25)15-10-11-20(17(13-15)24(26)27)29-16-7-4-3-5-8-16/h3-13,18H,14H2,1-2H3,(H,22,25)/t18-/m0/s1. The minimum atomic E-state index is -0.465. The van der Waals surface area contributed by atoms with Gasteiger partial charge in [0, 0.05) is 23.1 Å². The molecule has 0 unspecified atom stereocenters. The zero-order valence-electron chi connectivity index (χ0n) is 16.1. The van der Waals surface area contributed by atoms with Gasteiger partial charge in [-0.25, -0.2) is 0 Å². The summed E-state index contributed by atoms with van der Waals surface area (Å²) in [6.45, 7) is 0.313. The van der Waals surface area contributed by atoms with Crippen molar-refractivity contribution >= 4 is 23.4 Å². The molecule has 3 rings (SSSR count). The maximum atomic E-state index is 12.6. The van der Waals surface area contributed by atoms with Crippen LogP contribution in [0, 0.1) is 10.1 Å². The Labute approximate surface area is 172 Å². The molecular formula is C21H21N3O4S. The fourth-order valence-electron chi connectivity index (χ4n) is 2.81. The number of amides is 1. The molecule has 0 spiro atoms. The first-order chi connectivity index (χ1) is 14.0. The van der Waals surface area contributed by atoms with Crippen molar-refractivity contribution in [2.75, 3.05) is 20.6 Å². The molecule has 0 fully saturated rings. The number of hydrogen-bond acceptors (Lipinski definition) is 6. The Bertz CT molecular complexity index is 975. The Hall–Kier alpha value is -3.10. The Morgan fingerprint density at radius 3 is 2.55 bits per heavy atom. The summed E-state index contributed by atoms with van der Waals surface area (Å²) in [5.41, 5.74) is 0.146. The van der Waals surface area contributed by atoms with Crippen molar-refractivity contribution in [1.29, 1.82) is 0 Å². The minimum Gasteiger partial charge on any atom is -0.468 e. The summed E-state index contributed by atoms with van der Waals surface area (Å²) in [7, 11) is 3.78. The van der Waals surface area contributed by atoms with Crippen molar-refractivity contribution in [2.24, 2.45) is 0 Å². The minimum absolute atomic E-state index is 0.0957. The van der Waals surface area contributed by atoms with Gasteiger partial charge in [0.2, 0.25) is 0 Å². The van der Waals surface area contributed by atoms with E-state index in [9.17, 15) is 14.9 Å². The summed E-state index contributed by atoms with van der Waals surface area (Å²) in [6, 6.07) is 17.4. The summed E-state index contributed by atoms with van der Waals surface area (Å²) in [4.78, 5) is 27.0. The summed E-state index contributed by atoms with van der Waals surface area (Å²) >= 11 is 1.29. The summed E-state index contributed by atoms with van der Waals surface area (Å²) in [6.07, 6.45) is 1.58. The van der Waals surface area contributed by atoms with Gasteiger partial charge >= 0.3 is 0 Å². The molecule has 0 radical (unpaired) electrons. The number of nitro benzene ring substituents is 1. The van der Waals surface area contributed by atoms with Crippen LogP contribution < -0.4 is 5.32 Å². The number of carbonyl (C=O) groups is 1. The van der Waals surface area contributed by atoms with Gasteiger partial charge in [0.1, 0.15) is 5.76 Å². The molecule has 1 amide bonds. The second-order valence-corrected chi connectivity index (χ2v) is 7.67. The smallest absolute Gasteiger partial charge is 0.284 e. The SMILES string of the molecule is CN(C)[C@@H](CNC(=O)c1ccc(Sc2ccccc2)c([N+](=O)[O-])c1)c1ccco1. The normalized spacial score (nSPS) is 12.0. The van der Waals surface area contributed by atoms with Gasteiger partial charge in [0.15, 0.2) is 0 Å². The number of hydrogen-bond donors (Lipinski definition) is 1. The van der Waals surface area contributed by atoms with Crippen LogP contribution in [0.5, 0.6) is 0 Å². The topological polar surface area (TPSA) is 88.6 Å². The molecule has 0 saturated carbocycles. The fourth-order valence-corrected chi connectivity index (χ4v) is 3.73. The molecule has 3 aromatic rings. The van der Waals surface area contributed by atoms with Crippen LogP contribution in [0.4, 0.5) is 5.69 Å². The number of nitrogens with one attached hydrogen (secondary N) is 1. The van der Waals surface area contributed by atoms with E-state index in [1.807, 2.05) is 55.4 Å². The second kappa shape index (κ2) is 9.40.